The Morgan fingerprint density at radius 3 is 2.58 bits per heavy atom. The molecule has 1 rings (SSSR count). The normalized spacial score (nSPS) is 11.4. The van der Waals surface area contributed by atoms with Crippen LogP contribution in [0, 0.1) is 12.3 Å². The van der Waals surface area contributed by atoms with Crippen molar-refractivity contribution in [2.24, 2.45) is 5.41 Å². The third-order valence-electron chi connectivity index (χ3n) is 2.78. The number of aryl methyl sites for hydroxylation is 2. The molecule has 1 amide bonds. The minimum Gasteiger partial charge on any atom is -0.481 e. The first-order chi connectivity index (χ1) is 8.77. The number of amides is 1. The van der Waals surface area contributed by atoms with E-state index in [4.69, 9.17) is 5.11 Å². The average Bonchev–Trinajstić information content (AvgIpc) is 2.68. The van der Waals surface area contributed by atoms with E-state index < -0.39 is 11.4 Å². The predicted molar refractivity (Wildman–Crippen MR) is 74.6 cm³/mol. The molecule has 0 aromatic carbocycles. The molecule has 6 heteroatoms. The highest BCUT2D eigenvalue weighted by molar-refractivity contribution is 7.13. The second-order valence-electron chi connectivity index (χ2n) is 5.14. The highest BCUT2D eigenvalue weighted by atomic mass is 32.1. The van der Waals surface area contributed by atoms with Gasteiger partial charge in [-0.15, -0.1) is 11.3 Å². The molecule has 2 N–H and O–H groups in total. The fourth-order valence-corrected chi connectivity index (χ4v) is 2.52. The van der Waals surface area contributed by atoms with Crippen molar-refractivity contribution in [1.29, 1.82) is 0 Å². The molecule has 0 aliphatic carbocycles. The molecule has 0 saturated carbocycles. The second-order valence-corrected chi connectivity index (χ2v) is 6.23. The fraction of sp³-hybridized carbons (Fsp3) is 0.615. The van der Waals surface area contributed by atoms with Crippen LogP contribution >= 0.6 is 11.3 Å². The molecule has 0 saturated heterocycles. The van der Waals surface area contributed by atoms with Crippen molar-refractivity contribution in [2.75, 3.05) is 6.54 Å². The lowest BCUT2D eigenvalue weighted by Crippen LogP contribution is -2.38. The maximum absolute atomic E-state index is 12.0. The molecule has 1 aromatic heterocycles. The molecule has 0 atom stereocenters. The number of carboxylic acid groups (broad SMARTS) is 1. The predicted octanol–water partition coefficient (Wildman–Crippen LogP) is 2.24. The largest absolute Gasteiger partial charge is 0.481 e. The van der Waals surface area contributed by atoms with E-state index >= 15 is 0 Å². The van der Waals surface area contributed by atoms with E-state index in [9.17, 15) is 9.59 Å². The Bertz CT molecular complexity index is 480. The molecule has 1 heterocycles. The van der Waals surface area contributed by atoms with Crippen molar-refractivity contribution in [3.05, 3.63) is 15.6 Å². The first-order valence-corrected chi connectivity index (χ1v) is 7.07. The van der Waals surface area contributed by atoms with E-state index in [-0.39, 0.29) is 12.5 Å². The lowest BCUT2D eigenvalue weighted by atomic mass is 9.94. The molecule has 106 valence electrons. The quantitative estimate of drug-likeness (QED) is 0.839. The minimum atomic E-state index is -0.972. The van der Waals surface area contributed by atoms with Gasteiger partial charge in [0.25, 0.3) is 5.91 Å². The van der Waals surface area contributed by atoms with E-state index in [0.29, 0.717) is 10.6 Å². The number of aromatic nitrogens is 1. The van der Waals surface area contributed by atoms with Crippen LogP contribution in [-0.2, 0) is 11.2 Å². The van der Waals surface area contributed by atoms with Gasteiger partial charge in [-0.1, -0.05) is 6.92 Å². The first kappa shape index (κ1) is 15.6. The molecule has 19 heavy (non-hydrogen) atoms. The van der Waals surface area contributed by atoms with Crippen LogP contribution in [0.5, 0.6) is 0 Å². The number of nitrogens with zero attached hydrogens (tertiary/aromatic N) is 1. The summed E-state index contributed by atoms with van der Waals surface area (Å²) in [6, 6.07) is 0. The number of nitrogens with one attached hydrogen (secondary N) is 1. The van der Waals surface area contributed by atoms with Crippen LogP contribution in [0.1, 0.15) is 47.6 Å². The van der Waals surface area contributed by atoms with Gasteiger partial charge in [-0.2, -0.15) is 0 Å². The summed E-state index contributed by atoms with van der Waals surface area (Å²) in [6.45, 7) is 7.12. The van der Waals surface area contributed by atoms with Gasteiger partial charge in [0.2, 0.25) is 0 Å². The van der Waals surface area contributed by atoms with Crippen LogP contribution in [0.2, 0.25) is 0 Å². The van der Waals surface area contributed by atoms with Gasteiger partial charge in [0.15, 0.2) is 0 Å². The van der Waals surface area contributed by atoms with Crippen LogP contribution in [0.25, 0.3) is 0 Å². The lowest BCUT2D eigenvalue weighted by molar-refractivity contribution is -0.146. The summed E-state index contributed by atoms with van der Waals surface area (Å²) in [5, 5.41) is 12.6. The topological polar surface area (TPSA) is 79.3 Å². The Morgan fingerprint density at radius 1 is 1.42 bits per heavy atom. The number of carbonyl (C=O) groups is 2. The molecule has 0 spiro atoms. The smallest absolute Gasteiger partial charge is 0.310 e. The number of hydrogen-bond donors (Lipinski definition) is 2. The van der Waals surface area contributed by atoms with E-state index in [1.807, 2.05) is 0 Å². The molecule has 1 aromatic rings. The number of carbonyl (C=O) groups excluding carboxylic acids is 1. The van der Waals surface area contributed by atoms with E-state index in [2.05, 4.69) is 17.2 Å². The van der Waals surface area contributed by atoms with Crippen molar-refractivity contribution >= 4 is 23.2 Å². The Hall–Kier alpha value is -1.43. The SMILES string of the molecule is CCCc1nc(C)c(C(=O)NCC(C)(C)C(=O)O)s1. The summed E-state index contributed by atoms with van der Waals surface area (Å²) < 4.78 is 0. The highest BCUT2D eigenvalue weighted by Crippen LogP contribution is 2.20. The van der Waals surface area contributed by atoms with Gasteiger partial charge in [0, 0.05) is 6.54 Å². The van der Waals surface area contributed by atoms with Crippen LogP contribution in [-0.4, -0.2) is 28.5 Å². The maximum atomic E-state index is 12.0. The number of aliphatic carboxylic acids is 1. The van der Waals surface area contributed by atoms with Crippen LogP contribution in [0.15, 0.2) is 0 Å². The summed E-state index contributed by atoms with van der Waals surface area (Å²) in [6.07, 6.45) is 1.85. The standard InChI is InChI=1S/C13H20N2O3S/c1-5-6-9-15-8(2)10(19-9)11(16)14-7-13(3,4)12(17)18/h5-7H2,1-4H3,(H,14,16)(H,17,18). The van der Waals surface area contributed by atoms with Crippen molar-refractivity contribution in [3.8, 4) is 0 Å². The molecular weight excluding hydrogens is 264 g/mol. The number of rotatable bonds is 6. The van der Waals surface area contributed by atoms with Gasteiger partial charge in [-0.05, 0) is 33.6 Å². The van der Waals surface area contributed by atoms with Gasteiger partial charge in [-0.3, -0.25) is 9.59 Å². The first-order valence-electron chi connectivity index (χ1n) is 6.26. The molecule has 0 radical (unpaired) electrons. The zero-order valence-electron chi connectivity index (χ0n) is 11.7. The number of carboxylic acids is 1. The van der Waals surface area contributed by atoms with E-state index in [1.165, 1.54) is 11.3 Å². The van der Waals surface area contributed by atoms with Crippen LogP contribution in [0.4, 0.5) is 0 Å². The zero-order valence-corrected chi connectivity index (χ0v) is 12.6. The van der Waals surface area contributed by atoms with Crippen molar-refractivity contribution in [1.82, 2.24) is 10.3 Å². The number of hydrogen-bond acceptors (Lipinski definition) is 4. The van der Waals surface area contributed by atoms with Crippen LogP contribution in [0.3, 0.4) is 0 Å². The summed E-state index contributed by atoms with van der Waals surface area (Å²) in [7, 11) is 0. The third kappa shape index (κ3) is 4.02. The van der Waals surface area contributed by atoms with Gasteiger partial charge in [0.1, 0.15) is 4.88 Å². The Kier molecular flexibility index (Phi) is 5.05. The molecular formula is C13H20N2O3S. The van der Waals surface area contributed by atoms with Crippen molar-refractivity contribution < 1.29 is 14.7 Å². The summed E-state index contributed by atoms with van der Waals surface area (Å²) in [5.74, 6) is -1.17. The minimum absolute atomic E-state index is 0.0988. The Labute approximate surface area is 117 Å². The summed E-state index contributed by atoms with van der Waals surface area (Å²) in [4.78, 5) is 27.9. The van der Waals surface area contributed by atoms with E-state index in [0.717, 1.165) is 17.8 Å². The van der Waals surface area contributed by atoms with Crippen molar-refractivity contribution in [3.63, 3.8) is 0 Å². The lowest BCUT2D eigenvalue weighted by Gasteiger charge is -2.19. The summed E-state index contributed by atoms with van der Waals surface area (Å²) >= 11 is 1.38. The Balaban J connectivity index is 2.71. The second kappa shape index (κ2) is 6.14. The molecule has 0 unspecified atom stereocenters. The van der Waals surface area contributed by atoms with Gasteiger partial charge >= 0.3 is 5.97 Å². The van der Waals surface area contributed by atoms with Gasteiger partial charge in [-0.25, -0.2) is 4.98 Å². The molecule has 0 fully saturated rings. The van der Waals surface area contributed by atoms with Crippen LogP contribution < -0.4 is 5.32 Å². The van der Waals surface area contributed by atoms with E-state index in [1.54, 1.807) is 20.8 Å². The fourth-order valence-electron chi connectivity index (χ4n) is 1.44. The molecule has 0 aliphatic rings. The third-order valence-corrected chi connectivity index (χ3v) is 4.00. The monoisotopic (exact) mass is 284 g/mol. The average molecular weight is 284 g/mol. The molecule has 0 bridgehead atoms. The van der Waals surface area contributed by atoms with Gasteiger partial charge in [0.05, 0.1) is 16.1 Å². The molecule has 0 aliphatic heterocycles. The maximum Gasteiger partial charge on any atom is 0.310 e. The zero-order chi connectivity index (χ0) is 14.6. The van der Waals surface area contributed by atoms with Gasteiger partial charge < -0.3 is 10.4 Å². The Morgan fingerprint density at radius 2 is 2.05 bits per heavy atom. The number of thiazole rings is 1. The summed E-state index contributed by atoms with van der Waals surface area (Å²) in [5.41, 5.74) is -0.264. The highest BCUT2D eigenvalue weighted by Gasteiger charge is 2.28. The van der Waals surface area contributed by atoms with Crippen molar-refractivity contribution in [2.45, 2.75) is 40.5 Å². The molecule has 5 nitrogen and oxygen atoms in total.